The number of carbonyl (C=O) groups excluding carboxylic acids is 1. The minimum atomic E-state index is -0.230. The van der Waals surface area contributed by atoms with Crippen LogP contribution >= 0.6 is 11.3 Å². The number of carbonyl (C=O) groups is 1. The minimum Gasteiger partial charge on any atom is -0.394 e. The Morgan fingerprint density at radius 1 is 1.71 bits per heavy atom. The second-order valence-corrected chi connectivity index (χ2v) is 5.13. The molecule has 6 heteroatoms. The van der Waals surface area contributed by atoms with Crippen LogP contribution in [0, 0.1) is 6.92 Å². The van der Waals surface area contributed by atoms with Crippen LogP contribution in [0.1, 0.15) is 22.3 Å². The quantitative estimate of drug-likeness (QED) is 0.859. The van der Waals surface area contributed by atoms with E-state index in [1.54, 1.807) is 11.6 Å². The Kier molecular flexibility index (Phi) is 3.17. The normalized spacial score (nSPS) is 12.9. The van der Waals surface area contributed by atoms with E-state index < -0.39 is 0 Å². The number of rotatable bonds is 3. The van der Waals surface area contributed by atoms with Gasteiger partial charge in [0.15, 0.2) is 0 Å². The van der Waals surface area contributed by atoms with Gasteiger partial charge in [-0.15, -0.1) is 11.3 Å². The summed E-state index contributed by atoms with van der Waals surface area (Å²) in [6, 6.07) is 1.62. The topological polar surface area (TPSA) is 67.2 Å². The van der Waals surface area contributed by atoms with E-state index in [4.69, 9.17) is 5.11 Å². The molecule has 5 nitrogen and oxygen atoms in total. The molecule has 2 N–H and O–H groups in total. The van der Waals surface area contributed by atoms with E-state index in [1.807, 2.05) is 20.0 Å². The first-order chi connectivity index (χ1) is 8.02. The van der Waals surface area contributed by atoms with E-state index in [0.29, 0.717) is 4.88 Å². The van der Waals surface area contributed by atoms with E-state index in [2.05, 4.69) is 10.4 Å². The van der Waals surface area contributed by atoms with E-state index in [-0.39, 0.29) is 18.6 Å². The minimum absolute atomic E-state index is 0.0583. The van der Waals surface area contributed by atoms with Gasteiger partial charge in [-0.3, -0.25) is 9.48 Å². The fourth-order valence-corrected chi connectivity index (χ4v) is 2.68. The Morgan fingerprint density at radius 2 is 2.41 bits per heavy atom. The van der Waals surface area contributed by atoms with Crippen molar-refractivity contribution in [2.45, 2.75) is 19.9 Å². The first-order valence-electron chi connectivity index (χ1n) is 5.37. The molecule has 2 aromatic heterocycles. The predicted octanol–water partition coefficient (Wildman–Crippen LogP) is 1.05. The molecule has 0 fully saturated rings. The summed E-state index contributed by atoms with van der Waals surface area (Å²) < 4.78 is 1.78. The number of aromatic nitrogens is 2. The van der Waals surface area contributed by atoms with Gasteiger partial charge in [-0.2, -0.15) is 5.10 Å². The number of hydrogen-bond donors (Lipinski definition) is 2. The van der Waals surface area contributed by atoms with Crippen LogP contribution in [0.4, 0.5) is 0 Å². The van der Waals surface area contributed by atoms with Gasteiger partial charge in [0.05, 0.1) is 17.2 Å². The third-order valence-electron chi connectivity index (χ3n) is 2.57. The Balaban J connectivity index is 2.30. The second kappa shape index (κ2) is 4.46. The number of hydrogen-bond acceptors (Lipinski definition) is 4. The summed E-state index contributed by atoms with van der Waals surface area (Å²) in [6.07, 6.45) is 0. The van der Waals surface area contributed by atoms with Crippen molar-refractivity contribution in [3.05, 3.63) is 16.6 Å². The van der Waals surface area contributed by atoms with Crippen LogP contribution in [0.3, 0.4) is 0 Å². The van der Waals surface area contributed by atoms with Crippen molar-refractivity contribution < 1.29 is 9.90 Å². The highest BCUT2D eigenvalue weighted by Gasteiger charge is 2.16. The molecule has 1 unspecified atom stereocenters. The number of aryl methyl sites for hydroxylation is 2. The summed E-state index contributed by atoms with van der Waals surface area (Å²) in [7, 11) is 1.86. The van der Waals surface area contributed by atoms with Crippen LogP contribution in [0.5, 0.6) is 0 Å². The van der Waals surface area contributed by atoms with Gasteiger partial charge >= 0.3 is 0 Å². The highest BCUT2D eigenvalue weighted by atomic mass is 32.1. The summed E-state index contributed by atoms with van der Waals surface area (Å²) in [5.41, 5.74) is 0.924. The monoisotopic (exact) mass is 253 g/mol. The maximum Gasteiger partial charge on any atom is 0.261 e. The SMILES string of the molecule is Cc1nn(C)c2sc(C(=O)NC(C)CO)cc12. The molecule has 2 heterocycles. The van der Waals surface area contributed by atoms with Crippen molar-refractivity contribution in [3.8, 4) is 0 Å². The third kappa shape index (κ3) is 2.18. The smallest absolute Gasteiger partial charge is 0.261 e. The highest BCUT2D eigenvalue weighted by molar-refractivity contribution is 7.20. The van der Waals surface area contributed by atoms with Crippen molar-refractivity contribution in [2.24, 2.45) is 7.05 Å². The van der Waals surface area contributed by atoms with Gasteiger partial charge in [-0.05, 0) is 19.9 Å². The van der Waals surface area contributed by atoms with E-state index in [9.17, 15) is 4.79 Å². The highest BCUT2D eigenvalue weighted by Crippen LogP contribution is 2.27. The van der Waals surface area contributed by atoms with Gasteiger partial charge in [0.1, 0.15) is 4.83 Å². The lowest BCUT2D eigenvalue weighted by molar-refractivity contribution is 0.0926. The van der Waals surface area contributed by atoms with Crippen LogP contribution in [0.15, 0.2) is 6.07 Å². The number of nitrogens with zero attached hydrogens (tertiary/aromatic N) is 2. The fourth-order valence-electron chi connectivity index (χ4n) is 1.66. The molecule has 0 spiro atoms. The van der Waals surface area contributed by atoms with E-state index in [0.717, 1.165) is 15.9 Å². The first-order valence-corrected chi connectivity index (χ1v) is 6.19. The largest absolute Gasteiger partial charge is 0.394 e. The summed E-state index contributed by atoms with van der Waals surface area (Å²) >= 11 is 1.41. The van der Waals surface area contributed by atoms with Crippen molar-refractivity contribution >= 4 is 27.5 Å². The first kappa shape index (κ1) is 12.1. The van der Waals surface area contributed by atoms with Crippen LogP contribution in [-0.2, 0) is 7.05 Å². The van der Waals surface area contributed by atoms with Crippen molar-refractivity contribution in [1.29, 1.82) is 0 Å². The fraction of sp³-hybridized carbons (Fsp3) is 0.455. The predicted molar refractivity (Wildman–Crippen MR) is 67.3 cm³/mol. The van der Waals surface area contributed by atoms with Crippen molar-refractivity contribution in [1.82, 2.24) is 15.1 Å². The van der Waals surface area contributed by atoms with E-state index >= 15 is 0 Å². The van der Waals surface area contributed by atoms with Gasteiger partial charge < -0.3 is 10.4 Å². The average molecular weight is 253 g/mol. The summed E-state index contributed by atoms with van der Waals surface area (Å²) in [4.78, 5) is 13.5. The zero-order valence-electron chi connectivity index (χ0n) is 10.0. The lowest BCUT2D eigenvalue weighted by Crippen LogP contribution is -2.34. The van der Waals surface area contributed by atoms with E-state index in [1.165, 1.54) is 11.3 Å². The average Bonchev–Trinajstić information content (AvgIpc) is 2.82. The van der Waals surface area contributed by atoms with Crippen molar-refractivity contribution in [3.63, 3.8) is 0 Å². The number of amides is 1. The van der Waals surface area contributed by atoms with Gasteiger partial charge in [0.25, 0.3) is 5.91 Å². The number of aliphatic hydroxyl groups is 1. The van der Waals surface area contributed by atoms with Crippen LogP contribution in [-0.4, -0.2) is 33.4 Å². The standard InChI is InChI=1S/C11H15N3O2S/c1-6(5-15)12-10(16)9-4-8-7(2)13-14(3)11(8)17-9/h4,6,15H,5H2,1-3H3,(H,12,16). The zero-order valence-corrected chi connectivity index (χ0v) is 10.8. The molecule has 0 radical (unpaired) electrons. The Morgan fingerprint density at radius 3 is 3.00 bits per heavy atom. The summed E-state index contributed by atoms with van der Waals surface area (Å²) in [6.45, 7) is 3.63. The molecule has 0 aliphatic rings. The molecule has 17 heavy (non-hydrogen) atoms. The molecule has 0 saturated carbocycles. The molecule has 92 valence electrons. The molecule has 1 amide bonds. The second-order valence-electron chi connectivity index (χ2n) is 4.10. The Labute approximate surface area is 103 Å². The van der Waals surface area contributed by atoms with Gasteiger partial charge in [0, 0.05) is 18.5 Å². The van der Waals surface area contributed by atoms with Crippen LogP contribution < -0.4 is 5.32 Å². The molecule has 2 aromatic rings. The molecule has 0 bridgehead atoms. The molecule has 0 saturated heterocycles. The molecular formula is C11H15N3O2S. The Bertz CT molecular complexity index is 524. The van der Waals surface area contributed by atoms with Crippen LogP contribution in [0.2, 0.25) is 0 Å². The lowest BCUT2D eigenvalue weighted by Gasteiger charge is -2.08. The Hall–Kier alpha value is -1.40. The number of aliphatic hydroxyl groups excluding tert-OH is 1. The number of nitrogens with one attached hydrogen (secondary N) is 1. The molecule has 1 atom stereocenters. The van der Waals surface area contributed by atoms with Gasteiger partial charge in [-0.1, -0.05) is 0 Å². The molecule has 0 aliphatic heterocycles. The molecule has 2 rings (SSSR count). The maximum atomic E-state index is 11.9. The van der Waals surface area contributed by atoms with Crippen molar-refractivity contribution in [2.75, 3.05) is 6.61 Å². The molecule has 0 aliphatic carbocycles. The maximum absolute atomic E-state index is 11.9. The van der Waals surface area contributed by atoms with Gasteiger partial charge in [-0.25, -0.2) is 0 Å². The number of fused-ring (bicyclic) bond motifs is 1. The van der Waals surface area contributed by atoms with Crippen LogP contribution in [0.25, 0.3) is 10.2 Å². The number of thiophene rings is 1. The van der Waals surface area contributed by atoms with Gasteiger partial charge in [0.2, 0.25) is 0 Å². The zero-order chi connectivity index (χ0) is 12.6. The lowest BCUT2D eigenvalue weighted by atomic mass is 10.3. The summed E-state index contributed by atoms with van der Waals surface area (Å²) in [5.74, 6) is -0.146. The molecule has 0 aromatic carbocycles. The summed E-state index contributed by atoms with van der Waals surface area (Å²) in [5, 5.41) is 16.9. The molecular weight excluding hydrogens is 238 g/mol. The third-order valence-corrected chi connectivity index (χ3v) is 3.77.